The van der Waals surface area contributed by atoms with Crippen LogP contribution in [-0.2, 0) is 14.3 Å². The molecule has 0 radical (unpaired) electrons. The number of ether oxygens (including phenoxy) is 2. The zero-order valence-electron chi connectivity index (χ0n) is 15.2. The van der Waals surface area contributed by atoms with Gasteiger partial charge in [-0.05, 0) is 37.0 Å². The molecule has 2 atom stereocenters. The fourth-order valence-corrected chi connectivity index (χ4v) is 2.20. The highest BCUT2D eigenvalue weighted by atomic mass is 16.5. The van der Waals surface area contributed by atoms with Crippen molar-refractivity contribution in [2.75, 3.05) is 13.2 Å². The van der Waals surface area contributed by atoms with Gasteiger partial charge in [0.1, 0.15) is 5.75 Å². The first kappa shape index (κ1) is 20.7. The maximum Gasteiger partial charge on any atom is 0.328 e. The van der Waals surface area contributed by atoms with Gasteiger partial charge < -0.3 is 19.9 Å². The highest BCUT2D eigenvalue weighted by Crippen LogP contribution is 2.28. The van der Waals surface area contributed by atoms with E-state index in [-0.39, 0.29) is 19.1 Å². The van der Waals surface area contributed by atoms with Crippen molar-refractivity contribution in [2.24, 2.45) is 0 Å². The van der Waals surface area contributed by atoms with Crippen LogP contribution in [0, 0.1) is 6.92 Å². The average Bonchev–Trinajstić information content (AvgIpc) is 2.53. The summed E-state index contributed by atoms with van der Waals surface area (Å²) in [6.45, 7) is 11.2. The molecular formula is C19H27NO5. The van der Waals surface area contributed by atoms with E-state index in [4.69, 9.17) is 9.47 Å². The smallest absolute Gasteiger partial charge is 0.328 e. The summed E-state index contributed by atoms with van der Waals surface area (Å²) in [7, 11) is 0. The Morgan fingerprint density at radius 1 is 1.32 bits per heavy atom. The molecule has 25 heavy (non-hydrogen) atoms. The van der Waals surface area contributed by atoms with Crippen molar-refractivity contribution in [1.29, 1.82) is 0 Å². The third-order valence-corrected chi connectivity index (χ3v) is 3.60. The Labute approximate surface area is 148 Å². The van der Waals surface area contributed by atoms with Crippen molar-refractivity contribution in [3.63, 3.8) is 0 Å². The number of aryl methyl sites for hydroxylation is 1. The van der Waals surface area contributed by atoms with Gasteiger partial charge in [-0.3, -0.25) is 4.79 Å². The molecule has 2 N–H and O–H groups in total. The van der Waals surface area contributed by atoms with Gasteiger partial charge in [0.05, 0.1) is 13.2 Å². The summed E-state index contributed by atoms with van der Waals surface area (Å²) in [5, 5.41) is 11.6. The number of carbonyl (C=O) groups excluding carboxylic acids is 1. The van der Waals surface area contributed by atoms with Crippen LogP contribution in [0.15, 0.2) is 30.9 Å². The van der Waals surface area contributed by atoms with Crippen molar-refractivity contribution in [3.05, 3.63) is 42.0 Å². The Hall–Kier alpha value is -2.34. The van der Waals surface area contributed by atoms with Crippen LogP contribution in [0.3, 0.4) is 0 Å². The van der Waals surface area contributed by atoms with E-state index < -0.39 is 24.0 Å². The van der Waals surface area contributed by atoms with Crippen LogP contribution in [0.5, 0.6) is 5.75 Å². The van der Waals surface area contributed by atoms with Crippen LogP contribution in [0.25, 0.3) is 0 Å². The predicted molar refractivity (Wildman–Crippen MR) is 95.9 cm³/mol. The number of rotatable bonds is 10. The molecule has 2 unspecified atom stereocenters. The molecule has 0 aliphatic rings. The topological polar surface area (TPSA) is 84.9 Å². The maximum atomic E-state index is 12.3. The van der Waals surface area contributed by atoms with E-state index in [1.54, 1.807) is 6.92 Å². The van der Waals surface area contributed by atoms with E-state index in [0.717, 1.165) is 11.1 Å². The van der Waals surface area contributed by atoms with Crippen LogP contribution < -0.4 is 10.1 Å². The van der Waals surface area contributed by atoms with Crippen molar-refractivity contribution < 1.29 is 24.2 Å². The van der Waals surface area contributed by atoms with Crippen molar-refractivity contribution in [1.82, 2.24) is 5.32 Å². The molecule has 0 aromatic heterocycles. The molecule has 6 nitrogen and oxygen atoms in total. The molecular weight excluding hydrogens is 322 g/mol. The quantitative estimate of drug-likeness (QED) is 0.501. The Bertz CT molecular complexity index is 612. The van der Waals surface area contributed by atoms with E-state index in [2.05, 4.69) is 11.9 Å². The van der Waals surface area contributed by atoms with E-state index in [1.165, 1.54) is 6.08 Å². The zero-order chi connectivity index (χ0) is 19.0. The molecule has 1 amide bonds. The Kier molecular flexibility index (Phi) is 8.15. The fraction of sp³-hybridized carbons (Fsp3) is 0.474. The summed E-state index contributed by atoms with van der Waals surface area (Å²) < 4.78 is 10.9. The lowest BCUT2D eigenvalue weighted by molar-refractivity contribution is -0.144. The monoisotopic (exact) mass is 349 g/mol. The second kappa shape index (κ2) is 9.84. The van der Waals surface area contributed by atoms with Gasteiger partial charge in [0, 0.05) is 0 Å². The third-order valence-electron chi connectivity index (χ3n) is 3.60. The Morgan fingerprint density at radius 2 is 2.00 bits per heavy atom. The highest BCUT2D eigenvalue weighted by Gasteiger charge is 2.24. The normalized spacial score (nSPS) is 13.2. The number of nitrogens with one attached hydrogen (secondary N) is 1. The van der Waals surface area contributed by atoms with E-state index in [9.17, 15) is 14.7 Å². The first-order chi connectivity index (χ1) is 11.8. The second-order valence-corrected chi connectivity index (χ2v) is 6.18. The molecule has 1 aromatic rings. The predicted octanol–water partition coefficient (Wildman–Crippen LogP) is 2.66. The maximum absolute atomic E-state index is 12.3. The lowest BCUT2D eigenvalue weighted by Gasteiger charge is -2.21. The minimum atomic E-state index is -1.16. The molecule has 0 spiro atoms. The third kappa shape index (κ3) is 6.58. The number of benzene rings is 1. The summed E-state index contributed by atoms with van der Waals surface area (Å²) in [5.74, 6) is -0.800. The summed E-state index contributed by atoms with van der Waals surface area (Å²) in [5.41, 5.74) is 2.02. The lowest BCUT2D eigenvalue weighted by Crippen LogP contribution is -2.48. The molecule has 0 aliphatic carbocycles. The summed E-state index contributed by atoms with van der Waals surface area (Å²) in [6.07, 6.45) is 0.679. The van der Waals surface area contributed by atoms with Crippen LogP contribution in [-0.4, -0.2) is 42.3 Å². The van der Waals surface area contributed by atoms with Crippen molar-refractivity contribution in [2.45, 2.75) is 45.8 Å². The Morgan fingerprint density at radius 3 is 2.56 bits per heavy atom. The highest BCUT2D eigenvalue weighted by molar-refractivity contribution is 5.86. The lowest BCUT2D eigenvalue weighted by atomic mass is 10.0. The average molecular weight is 349 g/mol. The molecule has 0 saturated carbocycles. The number of hydrogen-bond donors (Lipinski definition) is 2. The van der Waals surface area contributed by atoms with E-state index in [1.807, 2.05) is 39.0 Å². The standard InChI is InChI=1S/C19H27NO5/c1-6-9-24-11-16(19(22)23)20-18(21)14(5)25-17-10-13(4)7-8-15(17)12(2)3/h6-8,10,12,14,16H,1,9,11H2,2-5H3,(H,20,21)(H,22,23). The van der Waals surface area contributed by atoms with Crippen molar-refractivity contribution >= 4 is 11.9 Å². The van der Waals surface area contributed by atoms with Gasteiger partial charge in [0.25, 0.3) is 5.91 Å². The first-order valence-electron chi connectivity index (χ1n) is 8.25. The van der Waals surface area contributed by atoms with Gasteiger partial charge in [-0.1, -0.05) is 32.1 Å². The van der Waals surface area contributed by atoms with Gasteiger partial charge in [-0.25, -0.2) is 4.79 Å². The second-order valence-electron chi connectivity index (χ2n) is 6.18. The van der Waals surface area contributed by atoms with Crippen molar-refractivity contribution in [3.8, 4) is 5.75 Å². The van der Waals surface area contributed by atoms with Crippen LogP contribution >= 0.6 is 0 Å². The molecule has 0 aliphatic heterocycles. The van der Waals surface area contributed by atoms with E-state index >= 15 is 0 Å². The van der Waals surface area contributed by atoms with E-state index in [0.29, 0.717) is 5.75 Å². The van der Waals surface area contributed by atoms with Gasteiger partial charge in [-0.15, -0.1) is 6.58 Å². The van der Waals surface area contributed by atoms with Gasteiger partial charge in [0.2, 0.25) is 0 Å². The van der Waals surface area contributed by atoms with Gasteiger partial charge >= 0.3 is 5.97 Å². The largest absolute Gasteiger partial charge is 0.481 e. The molecule has 0 saturated heterocycles. The van der Waals surface area contributed by atoms with Crippen LogP contribution in [0.1, 0.15) is 37.8 Å². The zero-order valence-corrected chi connectivity index (χ0v) is 15.2. The fourth-order valence-electron chi connectivity index (χ4n) is 2.20. The number of carboxylic acids is 1. The summed E-state index contributed by atoms with van der Waals surface area (Å²) in [6, 6.07) is 4.70. The van der Waals surface area contributed by atoms with Gasteiger partial charge in [0.15, 0.2) is 12.1 Å². The summed E-state index contributed by atoms with van der Waals surface area (Å²) >= 11 is 0. The SMILES string of the molecule is C=CCOCC(NC(=O)C(C)Oc1cc(C)ccc1C(C)C)C(=O)O. The minimum Gasteiger partial charge on any atom is -0.481 e. The molecule has 1 rings (SSSR count). The molecule has 138 valence electrons. The number of aliphatic carboxylic acids is 1. The van der Waals surface area contributed by atoms with Gasteiger partial charge in [-0.2, -0.15) is 0 Å². The molecule has 1 aromatic carbocycles. The van der Waals surface area contributed by atoms with Crippen LogP contribution in [0.2, 0.25) is 0 Å². The Balaban J connectivity index is 2.77. The summed E-state index contributed by atoms with van der Waals surface area (Å²) in [4.78, 5) is 23.5. The number of carboxylic acid groups (broad SMARTS) is 1. The number of amides is 1. The molecule has 0 heterocycles. The molecule has 0 fully saturated rings. The first-order valence-corrected chi connectivity index (χ1v) is 8.25. The number of carbonyl (C=O) groups is 2. The number of hydrogen-bond acceptors (Lipinski definition) is 4. The molecule has 6 heteroatoms. The minimum absolute atomic E-state index is 0.137. The van der Waals surface area contributed by atoms with Crippen LogP contribution in [0.4, 0.5) is 0 Å². The molecule has 0 bridgehead atoms.